The second-order valence-corrected chi connectivity index (χ2v) is 5.24. The second-order valence-electron chi connectivity index (χ2n) is 5.24. The molecule has 1 aliphatic heterocycles. The molecule has 0 unspecified atom stereocenters. The molecule has 1 rings (SSSR count). The Labute approximate surface area is 104 Å². The van der Waals surface area contributed by atoms with Gasteiger partial charge >= 0.3 is 5.97 Å². The van der Waals surface area contributed by atoms with E-state index >= 15 is 0 Å². The van der Waals surface area contributed by atoms with Crippen LogP contribution in [0.1, 0.15) is 39.5 Å². The summed E-state index contributed by atoms with van der Waals surface area (Å²) in [6.45, 7) is 6.24. The third-order valence-corrected chi connectivity index (χ3v) is 3.06. The van der Waals surface area contributed by atoms with Crippen LogP contribution in [0.2, 0.25) is 0 Å². The number of esters is 1. The molecule has 17 heavy (non-hydrogen) atoms. The molecule has 0 aromatic heterocycles. The Morgan fingerprint density at radius 2 is 2.06 bits per heavy atom. The number of carbonyl (C=O) groups excluding carboxylic acids is 1. The highest BCUT2D eigenvalue weighted by Gasteiger charge is 2.20. The molecule has 1 aliphatic rings. The molecule has 0 radical (unpaired) electrons. The van der Waals surface area contributed by atoms with Crippen LogP contribution in [-0.2, 0) is 14.3 Å². The van der Waals surface area contributed by atoms with E-state index in [-0.39, 0.29) is 18.0 Å². The van der Waals surface area contributed by atoms with Gasteiger partial charge in [0.05, 0.1) is 13.2 Å². The van der Waals surface area contributed by atoms with Crippen molar-refractivity contribution in [3.05, 3.63) is 0 Å². The maximum atomic E-state index is 11.7. The Balaban J connectivity index is 2.26. The minimum atomic E-state index is -0.104. The zero-order chi connectivity index (χ0) is 12.7. The van der Waals surface area contributed by atoms with Gasteiger partial charge in [-0.2, -0.15) is 0 Å². The van der Waals surface area contributed by atoms with Crippen molar-refractivity contribution in [1.29, 1.82) is 0 Å². The van der Waals surface area contributed by atoms with E-state index in [0.29, 0.717) is 32.1 Å². The number of hydrogen-bond acceptors (Lipinski definition) is 4. The molecule has 1 fully saturated rings. The molecule has 1 heterocycles. The molecular weight excluding hydrogens is 218 g/mol. The van der Waals surface area contributed by atoms with E-state index in [1.807, 2.05) is 0 Å². The fourth-order valence-corrected chi connectivity index (χ4v) is 2.19. The van der Waals surface area contributed by atoms with Gasteiger partial charge in [-0.05, 0) is 24.8 Å². The monoisotopic (exact) mass is 243 g/mol. The zero-order valence-corrected chi connectivity index (χ0v) is 11.0. The molecule has 0 aliphatic carbocycles. The maximum absolute atomic E-state index is 11.7. The third-order valence-electron chi connectivity index (χ3n) is 3.06. The lowest BCUT2D eigenvalue weighted by atomic mass is 9.94. The van der Waals surface area contributed by atoms with Gasteiger partial charge in [0, 0.05) is 19.3 Å². The van der Waals surface area contributed by atoms with Crippen molar-refractivity contribution in [2.45, 2.75) is 45.6 Å². The van der Waals surface area contributed by atoms with E-state index in [1.54, 1.807) is 0 Å². The summed E-state index contributed by atoms with van der Waals surface area (Å²) in [4.78, 5) is 11.7. The normalized spacial score (nSPS) is 19.3. The van der Waals surface area contributed by atoms with Crippen LogP contribution in [0.15, 0.2) is 0 Å². The average Bonchev–Trinajstić information content (AvgIpc) is 2.28. The van der Waals surface area contributed by atoms with Gasteiger partial charge in [0.1, 0.15) is 6.10 Å². The van der Waals surface area contributed by atoms with Crippen LogP contribution < -0.4 is 5.73 Å². The molecule has 0 aromatic rings. The highest BCUT2D eigenvalue weighted by atomic mass is 16.6. The van der Waals surface area contributed by atoms with Crippen molar-refractivity contribution in [2.75, 3.05) is 19.8 Å². The Morgan fingerprint density at radius 3 is 2.59 bits per heavy atom. The van der Waals surface area contributed by atoms with Crippen molar-refractivity contribution < 1.29 is 14.3 Å². The Morgan fingerprint density at radius 1 is 1.41 bits per heavy atom. The summed E-state index contributed by atoms with van der Waals surface area (Å²) in [5.74, 6) is 0.717. The summed E-state index contributed by atoms with van der Waals surface area (Å²) in [5.41, 5.74) is 5.67. The Hall–Kier alpha value is -0.610. The average molecular weight is 243 g/mol. The predicted octanol–water partition coefficient (Wildman–Crippen LogP) is 1.72. The molecule has 100 valence electrons. The van der Waals surface area contributed by atoms with E-state index in [0.717, 1.165) is 19.3 Å². The molecule has 0 amide bonds. The van der Waals surface area contributed by atoms with Gasteiger partial charge < -0.3 is 15.2 Å². The van der Waals surface area contributed by atoms with Crippen molar-refractivity contribution in [1.82, 2.24) is 0 Å². The topological polar surface area (TPSA) is 61.6 Å². The van der Waals surface area contributed by atoms with E-state index in [1.165, 1.54) is 0 Å². The first-order valence-electron chi connectivity index (χ1n) is 6.59. The van der Waals surface area contributed by atoms with Gasteiger partial charge in [-0.1, -0.05) is 13.8 Å². The summed E-state index contributed by atoms with van der Waals surface area (Å²) in [5, 5.41) is 0. The van der Waals surface area contributed by atoms with Crippen molar-refractivity contribution >= 4 is 5.97 Å². The molecule has 0 saturated carbocycles. The van der Waals surface area contributed by atoms with E-state index < -0.39 is 0 Å². The molecule has 4 nitrogen and oxygen atoms in total. The van der Waals surface area contributed by atoms with E-state index in [2.05, 4.69) is 13.8 Å². The quantitative estimate of drug-likeness (QED) is 0.722. The van der Waals surface area contributed by atoms with Crippen LogP contribution >= 0.6 is 0 Å². The smallest absolute Gasteiger partial charge is 0.306 e. The summed E-state index contributed by atoms with van der Waals surface area (Å²) in [6.07, 6.45) is 3.13. The van der Waals surface area contributed by atoms with E-state index in [4.69, 9.17) is 15.2 Å². The fraction of sp³-hybridized carbons (Fsp3) is 0.923. The Kier molecular flexibility index (Phi) is 6.52. The lowest BCUT2D eigenvalue weighted by Gasteiger charge is -2.23. The molecule has 1 saturated heterocycles. The number of nitrogens with two attached hydrogens (primary N) is 1. The first kappa shape index (κ1) is 14.5. The summed E-state index contributed by atoms with van der Waals surface area (Å²) in [6, 6.07) is 0. The van der Waals surface area contributed by atoms with Crippen LogP contribution in [0.4, 0.5) is 0 Å². The van der Waals surface area contributed by atoms with E-state index in [9.17, 15) is 4.79 Å². The first-order valence-corrected chi connectivity index (χ1v) is 6.59. The lowest BCUT2D eigenvalue weighted by molar-refractivity contribution is -0.154. The van der Waals surface area contributed by atoms with Crippen LogP contribution in [0, 0.1) is 11.8 Å². The SMILES string of the molecule is CC(C)C[C@H](CN)CC(=O)OC1CCOCC1. The second kappa shape index (κ2) is 7.67. The zero-order valence-electron chi connectivity index (χ0n) is 11.0. The van der Waals surface area contributed by atoms with Gasteiger partial charge in [-0.25, -0.2) is 0 Å². The van der Waals surface area contributed by atoms with Gasteiger partial charge in [0.15, 0.2) is 0 Å². The van der Waals surface area contributed by atoms with Gasteiger partial charge in [0.2, 0.25) is 0 Å². The molecule has 0 bridgehead atoms. The van der Waals surface area contributed by atoms with Crippen molar-refractivity contribution in [3.63, 3.8) is 0 Å². The van der Waals surface area contributed by atoms with Crippen molar-refractivity contribution in [3.8, 4) is 0 Å². The summed E-state index contributed by atoms with van der Waals surface area (Å²) >= 11 is 0. The summed E-state index contributed by atoms with van der Waals surface area (Å²) in [7, 11) is 0. The maximum Gasteiger partial charge on any atom is 0.306 e. The number of ether oxygens (including phenoxy) is 2. The van der Waals surface area contributed by atoms with Crippen LogP contribution in [0.5, 0.6) is 0 Å². The van der Waals surface area contributed by atoms with Crippen molar-refractivity contribution in [2.24, 2.45) is 17.6 Å². The molecule has 0 aromatic carbocycles. The summed E-state index contributed by atoms with van der Waals surface area (Å²) < 4.78 is 10.7. The molecule has 2 N–H and O–H groups in total. The molecule has 1 atom stereocenters. The first-order chi connectivity index (χ1) is 8.11. The van der Waals surface area contributed by atoms with Crippen LogP contribution in [0.3, 0.4) is 0 Å². The third kappa shape index (κ3) is 6.03. The van der Waals surface area contributed by atoms with Gasteiger partial charge in [-0.15, -0.1) is 0 Å². The molecular formula is C13H25NO3. The Bertz CT molecular complexity index is 225. The van der Waals surface area contributed by atoms with Gasteiger partial charge in [-0.3, -0.25) is 4.79 Å². The standard InChI is InChI=1S/C13H25NO3/c1-10(2)7-11(9-14)8-13(15)17-12-3-5-16-6-4-12/h10-12H,3-9,14H2,1-2H3/t11-/m0/s1. The van der Waals surface area contributed by atoms with Gasteiger partial charge in [0.25, 0.3) is 0 Å². The number of carbonyl (C=O) groups is 1. The largest absolute Gasteiger partial charge is 0.462 e. The number of rotatable bonds is 6. The minimum Gasteiger partial charge on any atom is -0.462 e. The molecule has 0 spiro atoms. The minimum absolute atomic E-state index is 0.0497. The van der Waals surface area contributed by atoms with Crippen LogP contribution in [0.25, 0.3) is 0 Å². The number of hydrogen-bond donors (Lipinski definition) is 1. The fourth-order valence-electron chi connectivity index (χ4n) is 2.19. The lowest BCUT2D eigenvalue weighted by Crippen LogP contribution is -2.28. The molecule has 4 heteroatoms. The highest BCUT2D eigenvalue weighted by molar-refractivity contribution is 5.69. The highest BCUT2D eigenvalue weighted by Crippen LogP contribution is 2.17. The van der Waals surface area contributed by atoms with Crippen LogP contribution in [-0.4, -0.2) is 31.8 Å². The predicted molar refractivity (Wildman–Crippen MR) is 66.5 cm³/mol.